The van der Waals surface area contributed by atoms with E-state index in [9.17, 15) is 9.59 Å². The van der Waals surface area contributed by atoms with Gasteiger partial charge in [-0.3, -0.25) is 4.79 Å². The molecular formula is C20H21N5O5. The summed E-state index contributed by atoms with van der Waals surface area (Å²) >= 11 is 0. The van der Waals surface area contributed by atoms with Gasteiger partial charge in [-0.15, -0.1) is 10.2 Å². The topological polar surface area (TPSA) is 117 Å². The van der Waals surface area contributed by atoms with Crippen LogP contribution in [-0.2, 0) is 20.9 Å². The summed E-state index contributed by atoms with van der Waals surface area (Å²) in [7, 11) is 3.07. The third-order valence-electron chi connectivity index (χ3n) is 4.15. The number of tetrazole rings is 1. The Kier molecular flexibility index (Phi) is 6.58. The van der Waals surface area contributed by atoms with E-state index in [1.807, 2.05) is 19.1 Å². The molecule has 0 radical (unpaired) electrons. The number of hydrogen-bond donors (Lipinski definition) is 1. The van der Waals surface area contributed by atoms with Crippen molar-refractivity contribution in [3.63, 3.8) is 0 Å². The van der Waals surface area contributed by atoms with Crippen molar-refractivity contribution in [2.75, 3.05) is 26.1 Å². The van der Waals surface area contributed by atoms with Gasteiger partial charge in [0.1, 0.15) is 0 Å². The molecule has 0 aliphatic carbocycles. The highest BCUT2D eigenvalue weighted by molar-refractivity contribution is 5.93. The van der Waals surface area contributed by atoms with E-state index in [1.165, 1.54) is 7.11 Å². The van der Waals surface area contributed by atoms with Crippen molar-refractivity contribution in [1.29, 1.82) is 0 Å². The van der Waals surface area contributed by atoms with Gasteiger partial charge in [0.25, 0.3) is 5.91 Å². The lowest BCUT2D eigenvalue weighted by Gasteiger charge is -2.08. The van der Waals surface area contributed by atoms with Gasteiger partial charge in [0, 0.05) is 11.3 Å². The third kappa shape index (κ3) is 5.10. The normalized spacial score (nSPS) is 10.4. The molecule has 0 unspecified atom stereocenters. The molecule has 0 aliphatic rings. The number of carbonyl (C=O) groups excluding carboxylic acids is 2. The molecule has 0 saturated carbocycles. The summed E-state index contributed by atoms with van der Waals surface area (Å²) in [6.07, 6.45) is 0. The number of nitrogens with zero attached hydrogens (tertiary/aromatic N) is 4. The van der Waals surface area contributed by atoms with E-state index in [2.05, 4.69) is 20.7 Å². The number of amides is 1. The van der Waals surface area contributed by atoms with Crippen LogP contribution in [0.15, 0.2) is 42.5 Å². The van der Waals surface area contributed by atoms with Gasteiger partial charge in [0.05, 0.1) is 14.2 Å². The van der Waals surface area contributed by atoms with Crippen LogP contribution in [0.2, 0.25) is 0 Å². The lowest BCUT2D eigenvalue weighted by atomic mass is 10.2. The molecule has 1 aromatic heterocycles. The molecule has 30 heavy (non-hydrogen) atoms. The molecular weight excluding hydrogens is 390 g/mol. The van der Waals surface area contributed by atoms with Gasteiger partial charge < -0.3 is 19.5 Å². The van der Waals surface area contributed by atoms with Gasteiger partial charge in [-0.05, 0) is 42.0 Å². The lowest BCUT2D eigenvalue weighted by Crippen LogP contribution is -2.23. The maximum Gasteiger partial charge on any atom is 0.330 e. The molecule has 1 heterocycles. The van der Waals surface area contributed by atoms with Crippen LogP contribution in [0.25, 0.3) is 11.4 Å². The van der Waals surface area contributed by atoms with E-state index >= 15 is 0 Å². The van der Waals surface area contributed by atoms with Crippen molar-refractivity contribution >= 4 is 17.6 Å². The predicted octanol–water partition coefficient (Wildman–Crippen LogP) is 1.85. The van der Waals surface area contributed by atoms with E-state index in [1.54, 1.807) is 37.4 Å². The number of benzene rings is 2. The number of esters is 1. The molecule has 1 N–H and O–H groups in total. The van der Waals surface area contributed by atoms with E-state index in [0.29, 0.717) is 28.6 Å². The summed E-state index contributed by atoms with van der Waals surface area (Å²) < 4.78 is 15.4. The van der Waals surface area contributed by atoms with Gasteiger partial charge in [0.15, 0.2) is 24.7 Å². The molecule has 3 rings (SSSR count). The quantitative estimate of drug-likeness (QED) is 0.558. The average Bonchev–Trinajstić information content (AvgIpc) is 3.21. The van der Waals surface area contributed by atoms with E-state index < -0.39 is 18.5 Å². The number of nitrogens with one attached hydrogen (secondary N) is 1. The van der Waals surface area contributed by atoms with Crippen LogP contribution in [0.5, 0.6) is 11.5 Å². The van der Waals surface area contributed by atoms with Crippen molar-refractivity contribution in [2.24, 2.45) is 0 Å². The highest BCUT2D eigenvalue weighted by Gasteiger charge is 2.14. The fraction of sp³-hybridized carbons (Fsp3) is 0.250. The predicted molar refractivity (Wildman–Crippen MR) is 107 cm³/mol. The van der Waals surface area contributed by atoms with E-state index in [-0.39, 0.29) is 6.54 Å². The van der Waals surface area contributed by atoms with Crippen LogP contribution in [0, 0.1) is 6.92 Å². The SMILES string of the molecule is COc1ccc(-c2nnn(CC(=O)OCC(=O)Nc3ccccc3C)n2)cc1OC. The highest BCUT2D eigenvalue weighted by Crippen LogP contribution is 2.30. The first-order valence-corrected chi connectivity index (χ1v) is 9.01. The Balaban J connectivity index is 1.55. The molecule has 0 fully saturated rings. The second kappa shape index (κ2) is 9.50. The molecule has 0 spiro atoms. The number of carbonyl (C=O) groups is 2. The lowest BCUT2D eigenvalue weighted by molar-refractivity contribution is -0.148. The minimum absolute atomic E-state index is 0.280. The Morgan fingerprint density at radius 2 is 1.83 bits per heavy atom. The van der Waals surface area contributed by atoms with Crippen LogP contribution in [0.1, 0.15) is 5.56 Å². The Hall–Kier alpha value is -3.95. The van der Waals surface area contributed by atoms with Crippen LogP contribution in [-0.4, -0.2) is 52.9 Å². The van der Waals surface area contributed by atoms with Crippen LogP contribution in [0.3, 0.4) is 0 Å². The van der Waals surface area contributed by atoms with E-state index in [4.69, 9.17) is 14.2 Å². The maximum absolute atomic E-state index is 12.0. The zero-order chi connectivity index (χ0) is 21.5. The summed E-state index contributed by atoms with van der Waals surface area (Å²) in [6.45, 7) is 1.18. The molecule has 3 aromatic rings. The minimum Gasteiger partial charge on any atom is -0.493 e. The second-order valence-corrected chi connectivity index (χ2v) is 6.24. The smallest absolute Gasteiger partial charge is 0.330 e. The number of rotatable bonds is 8. The zero-order valence-electron chi connectivity index (χ0n) is 16.8. The molecule has 0 aliphatic heterocycles. The number of aryl methyl sites for hydroxylation is 1. The number of anilines is 1. The first kappa shape index (κ1) is 20.8. The molecule has 0 atom stereocenters. The van der Waals surface area contributed by atoms with Crippen molar-refractivity contribution in [3.05, 3.63) is 48.0 Å². The number of ether oxygens (including phenoxy) is 3. The summed E-state index contributed by atoms with van der Waals surface area (Å²) in [6, 6.07) is 12.5. The summed E-state index contributed by atoms with van der Waals surface area (Å²) in [5.74, 6) is 0.300. The minimum atomic E-state index is -0.661. The van der Waals surface area contributed by atoms with Crippen molar-refractivity contribution in [1.82, 2.24) is 20.2 Å². The average molecular weight is 411 g/mol. The standard InChI is InChI=1S/C20H21N5O5/c1-13-6-4-5-7-15(13)21-18(26)12-30-19(27)11-25-23-20(22-24-25)14-8-9-16(28-2)17(10-14)29-3/h4-10H,11-12H2,1-3H3,(H,21,26). The van der Waals surface area contributed by atoms with Gasteiger partial charge in [-0.1, -0.05) is 18.2 Å². The summed E-state index contributed by atoms with van der Waals surface area (Å²) in [5.41, 5.74) is 2.22. The Bertz CT molecular complexity index is 1050. The number of hydrogen-bond acceptors (Lipinski definition) is 8. The molecule has 156 valence electrons. The molecule has 0 saturated heterocycles. The monoisotopic (exact) mass is 411 g/mol. The van der Waals surface area contributed by atoms with E-state index in [0.717, 1.165) is 10.4 Å². The van der Waals surface area contributed by atoms with Gasteiger partial charge in [0.2, 0.25) is 5.82 Å². The first-order valence-electron chi connectivity index (χ1n) is 9.01. The van der Waals surface area contributed by atoms with Crippen molar-refractivity contribution in [2.45, 2.75) is 13.5 Å². The molecule has 1 amide bonds. The molecule has 2 aromatic carbocycles. The number of para-hydroxylation sites is 1. The fourth-order valence-electron chi connectivity index (χ4n) is 2.61. The van der Waals surface area contributed by atoms with Gasteiger partial charge in [-0.25, -0.2) is 4.79 Å². The summed E-state index contributed by atoms with van der Waals surface area (Å²) in [4.78, 5) is 25.1. The maximum atomic E-state index is 12.0. The second-order valence-electron chi connectivity index (χ2n) is 6.24. The van der Waals surface area contributed by atoms with Crippen LogP contribution in [0.4, 0.5) is 5.69 Å². The van der Waals surface area contributed by atoms with Gasteiger partial charge >= 0.3 is 5.97 Å². The Morgan fingerprint density at radius 1 is 1.07 bits per heavy atom. The van der Waals surface area contributed by atoms with Gasteiger partial charge in [-0.2, -0.15) is 4.80 Å². The first-order chi connectivity index (χ1) is 14.5. The largest absolute Gasteiger partial charge is 0.493 e. The third-order valence-corrected chi connectivity index (χ3v) is 4.15. The van der Waals surface area contributed by atoms with Crippen LogP contribution >= 0.6 is 0 Å². The van der Waals surface area contributed by atoms with Crippen LogP contribution < -0.4 is 14.8 Å². The number of methoxy groups -OCH3 is 2. The zero-order valence-corrected chi connectivity index (χ0v) is 16.8. The Morgan fingerprint density at radius 3 is 2.57 bits per heavy atom. The fourth-order valence-corrected chi connectivity index (χ4v) is 2.61. The molecule has 0 bridgehead atoms. The Labute approximate surface area is 172 Å². The van der Waals surface area contributed by atoms with Crippen molar-refractivity contribution < 1.29 is 23.8 Å². The molecule has 10 nitrogen and oxygen atoms in total. The van der Waals surface area contributed by atoms with Crippen molar-refractivity contribution in [3.8, 4) is 22.9 Å². The summed E-state index contributed by atoms with van der Waals surface area (Å²) in [5, 5.41) is 14.6. The highest BCUT2D eigenvalue weighted by atomic mass is 16.5. The number of aromatic nitrogens is 4. The molecule has 10 heteroatoms.